The van der Waals surface area contributed by atoms with E-state index in [0.717, 1.165) is 10.2 Å². The first-order valence-electron chi connectivity index (χ1n) is 3.45. The van der Waals surface area contributed by atoms with Gasteiger partial charge < -0.3 is 5.11 Å². The van der Waals surface area contributed by atoms with E-state index in [2.05, 4.69) is 20.9 Å². The third-order valence-electron chi connectivity index (χ3n) is 1.41. The summed E-state index contributed by atoms with van der Waals surface area (Å²) < 4.78 is 0.805. The minimum absolute atomic E-state index is 0.259. The predicted octanol–water partition coefficient (Wildman–Crippen LogP) is 2.67. The molecule has 1 aromatic rings. The van der Waals surface area contributed by atoms with Gasteiger partial charge in [-0.15, -0.1) is 0 Å². The van der Waals surface area contributed by atoms with Crippen molar-refractivity contribution < 1.29 is 5.11 Å². The lowest BCUT2D eigenvalue weighted by Gasteiger charge is -2.05. The summed E-state index contributed by atoms with van der Waals surface area (Å²) >= 11 is 3.22. The summed E-state index contributed by atoms with van der Waals surface area (Å²) in [6.45, 7) is 3.99. The van der Waals surface area contributed by atoms with E-state index in [1.807, 2.05) is 13.8 Å². The first kappa shape index (κ1) is 8.53. The molecule has 2 nitrogen and oxygen atoms in total. The van der Waals surface area contributed by atoms with Gasteiger partial charge in [-0.3, -0.25) is 4.98 Å². The minimum atomic E-state index is 0.259. The standard InChI is InChI=1S/C8H10BrNO/c1-5(2)8-7(11)3-6(9)4-10-8/h3-5,11H,1-2H3. The van der Waals surface area contributed by atoms with E-state index in [4.69, 9.17) is 0 Å². The predicted molar refractivity (Wildman–Crippen MR) is 47.7 cm³/mol. The van der Waals surface area contributed by atoms with Crippen LogP contribution in [0.3, 0.4) is 0 Å². The Labute approximate surface area is 74.4 Å². The molecule has 0 fully saturated rings. The third kappa shape index (κ3) is 1.93. The Balaban J connectivity index is 3.09. The first-order valence-corrected chi connectivity index (χ1v) is 4.25. The van der Waals surface area contributed by atoms with E-state index < -0.39 is 0 Å². The largest absolute Gasteiger partial charge is 0.506 e. The normalized spacial score (nSPS) is 10.5. The van der Waals surface area contributed by atoms with Crippen molar-refractivity contribution in [2.24, 2.45) is 0 Å². The van der Waals surface area contributed by atoms with Gasteiger partial charge >= 0.3 is 0 Å². The van der Waals surface area contributed by atoms with Gasteiger partial charge in [0.25, 0.3) is 0 Å². The van der Waals surface area contributed by atoms with E-state index in [1.54, 1.807) is 12.3 Å². The van der Waals surface area contributed by atoms with E-state index in [-0.39, 0.29) is 11.7 Å². The second-order valence-electron chi connectivity index (χ2n) is 2.71. The number of pyridine rings is 1. The summed E-state index contributed by atoms with van der Waals surface area (Å²) in [6, 6.07) is 1.66. The van der Waals surface area contributed by atoms with Gasteiger partial charge in [-0.05, 0) is 27.9 Å². The molecule has 0 aliphatic carbocycles. The smallest absolute Gasteiger partial charge is 0.138 e. The van der Waals surface area contributed by atoms with Crippen molar-refractivity contribution in [2.75, 3.05) is 0 Å². The highest BCUT2D eigenvalue weighted by atomic mass is 79.9. The fourth-order valence-electron chi connectivity index (χ4n) is 0.884. The third-order valence-corrected chi connectivity index (χ3v) is 1.84. The Morgan fingerprint density at radius 1 is 1.55 bits per heavy atom. The van der Waals surface area contributed by atoms with E-state index in [0.29, 0.717) is 0 Å². The average molecular weight is 216 g/mol. The Hall–Kier alpha value is -0.570. The van der Waals surface area contributed by atoms with Crippen LogP contribution in [0.15, 0.2) is 16.7 Å². The number of halogens is 1. The van der Waals surface area contributed by atoms with Crippen LogP contribution in [0.5, 0.6) is 5.75 Å². The number of hydrogen-bond donors (Lipinski definition) is 1. The van der Waals surface area contributed by atoms with Gasteiger partial charge in [0.15, 0.2) is 0 Å². The van der Waals surface area contributed by atoms with Gasteiger partial charge in [0, 0.05) is 10.7 Å². The van der Waals surface area contributed by atoms with Gasteiger partial charge in [-0.2, -0.15) is 0 Å². The Morgan fingerprint density at radius 3 is 2.64 bits per heavy atom. The van der Waals surface area contributed by atoms with Gasteiger partial charge in [-0.1, -0.05) is 13.8 Å². The van der Waals surface area contributed by atoms with Crippen LogP contribution in [0, 0.1) is 0 Å². The van der Waals surface area contributed by atoms with Crippen molar-refractivity contribution in [2.45, 2.75) is 19.8 Å². The molecular formula is C8H10BrNO. The zero-order chi connectivity index (χ0) is 8.43. The van der Waals surface area contributed by atoms with E-state index in [9.17, 15) is 5.11 Å². The summed E-state index contributed by atoms with van der Waals surface area (Å²) in [6.07, 6.45) is 1.69. The average Bonchev–Trinajstić information content (AvgIpc) is 1.85. The molecular weight excluding hydrogens is 206 g/mol. The van der Waals surface area contributed by atoms with Crippen molar-refractivity contribution >= 4 is 15.9 Å². The van der Waals surface area contributed by atoms with Crippen molar-refractivity contribution in [3.8, 4) is 5.75 Å². The summed E-state index contributed by atoms with van der Waals surface area (Å²) in [7, 11) is 0. The van der Waals surface area contributed by atoms with Crippen LogP contribution in [0.1, 0.15) is 25.5 Å². The topological polar surface area (TPSA) is 33.1 Å². The summed E-state index contributed by atoms with van der Waals surface area (Å²) in [5.74, 6) is 0.525. The van der Waals surface area contributed by atoms with Crippen molar-refractivity contribution in [1.82, 2.24) is 4.98 Å². The second kappa shape index (κ2) is 3.22. The molecule has 60 valence electrons. The molecule has 1 rings (SSSR count). The van der Waals surface area contributed by atoms with E-state index >= 15 is 0 Å². The molecule has 0 spiro atoms. The van der Waals surface area contributed by atoms with Crippen molar-refractivity contribution in [3.05, 3.63) is 22.4 Å². The number of aromatic hydroxyl groups is 1. The van der Waals surface area contributed by atoms with Crippen LogP contribution >= 0.6 is 15.9 Å². The fourth-order valence-corrected chi connectivity index (χ4v) is 1.20. The van der Waals surface area contributed by atoms with Gasteiger partial charge in [0.05, 0.1) is 5.69 Å². The number of nitrogens with zero attached hydrogens (tertiary/aromatic N) is 1. The zero-order valence-corrected chi connectivity index (χ0v) is 8.09. The van der Waals surface area contributed by atoms with Gasteiger partial charge in [-0.25, -0.2) is 0 Å². The highest BCUT2D eigenvalue weighted by molar-refractivity contribution is 9.10. The maximum atomic E-state index is 9.37. The summed E-state index contributed by atoms with van der Waals surface area (Å²) in [5.41, 5.74) is 0.744. The van der Waals surface area contributed by atoms with E-state index in [1.165, 1.54) is 0 Å². The molecule has 0 unspecified atom stereocenters. The fraction of sp³-hybridized carbons (Fsp3) is 0.375. The summed E-state index contributed by atoms with van der Waals surface area (Å²) in [4.78, 5) is 4.08. The molecule has 0 saturated carbocycles. The van der Waals surface area contributed by atoms with Crippen molar-refractivity contribution in [1.29, 1.82) is 0 Å². The molecule has 0 aliphatic rings. The zero-order valence-electron chi connectivity index (χ0n) is 6.50. The number of rotatable bonds is 1. The SMILES string of the molecule is CC(C)c1ncc(Br)cc1O. The van der Waals surface area contributed by atoms with Crippen LogP contribution in [-0.4, -0.2) is 10.1 Å². The molecule has 0 radical (unpaired) electrons. The Kier molecular flexibility index (Phi) is 2.49. The Morgan fingerprint density at radius 2 is 2.18 bits per heavy atom. The lowest BCUT2D eigenvalue weighted by molar-refractivity contribution is 0.459. The maximum absolute atomic E-state index is 9.37. The molecule has 3 heteroatoms. The van der Waals surface area contributed by atoms with Crippen LogP contribution in [0.2, 0.25) is 0 Å². The molecule has 0 saturated heterocycles. The van der Waals surface area contributed by atoms with Crippen LogP contribution in [-0.2, 0) is 0 Å². The molecule has 1 aromatic heterocycles. The number of aromatic nitrogens is 1. The molecule has 0 amide bonds. The Bertz CT molecular complexity index is 260. The quantitative estimate of drug-likeness (QED) is 0.782. The molecule has 1 N–H and O–H groups in total. The first-order chi connectivity index (χ1) is 5.11. The molecule has 0 bridgehead atoms. The second-order valence-corrected chi connectivity index (χ2v) is 3.63. The van der Waals surface area contributed by atoms with Crippen LogP contribution < -0.4 is 0 Å². The molecule has 0 aliphatic heterocycles. The maximum Gasteiger partial charge on any atom is 0.138 e. The lowest BCUT2D eigenvalue weighted by Crippen LogP contribution is -1.91. The minimum Gasteiger partial charge on any atom is -0.506 e. The monoisotopic (exact) mass is 215 g/mol. The van der Waals surface area contributed by atoms with Gasteiger partial charge in [0.1, 0.15) is 5.75 Å². The molecule has 11 heavy (non-hydrogen) atoms. The molecule has 0 aromatic carbocycles. The van der Waals surface area contributed by atoms with Crippen LogP contribution in [0.4, 0.5) is 0 Å². The van der Waals surface area contributed by atoms with Gasteiger partial charge in [0.2, 0.25) is 0 Å². The highest BCUT2D eigenvalue weighted by Gasteiger charge is 2.06. The molecule has 0 atom stereocenters. The van der Waals surface area contributed by atoms with Crippen molar-refractivity contribution in [3.63, 3.8) is 0 Å². The number of hydrogen-bond acceptors (Lipinski definition) is 2. The van der Waals surface area contributed by atoms with Crippen LogP contribution in [0.25, 0.3) is 0 Å². The highest BCUT2D eigenvalue weighted by Crippen LogP contribution is 2.25. The lowest BCUT2D eigenvalue weighted by atomic mass is 10.1. The molecule has 1 heterocycles. The summed E-state index contributed by atoms with van der Waals surface area (Å²) in [5, 5.41) is 9.37.